The highest BCUT2D eigenvalue weighted by molar-refractivity contribution is 6.33. The summed E-state index contributed by atoms with van der Waals surface area (Å²) in [5, 5.41) is 5.98. The number of halogens is 2. The molecular weight excluding hydrogens is 319 g/mol. The van der Waals surface area contributed by atoms with E-state index in [9.17, 15) is 9.18 Å². The molecule has 0 aliphatic heterocycles. The summed E-state index contributed by atoms with van der Waals surface area (Å²) in [5.41, 5.74) is 1.19. The predicted octanol–water partition coefficient (Wildman–Crippen LogP) is 3.84. The SMILES string of the molecule is CNC(=O)Nc1nc2ccncc2cc1-c1c(F)cccc1Cl. The molecule has 2 amide bonds. The van der Waals surface area contributed by atoms with Crippen LogP contribution in [0.2, 0.25) is 5.02 Å². The van der Waals surface area contributed by atoms with Gasteiger partial charge in [0.1, 0.15) is 11.6 Å². The second-order valence-electron chi connectivity index (χ2n) is 4.75. The third-order valence-corrected chi connectivity index (χ3v) is 3.62. The van der Waals surface area contributed by atoms with Gasteiger partial charge in [0.05, 0.1) is 10.5 Å². The number of hydrogen-bond acceptors (Lipinski definition) is 3. The van der Waals surface area contributed by atoms with Crippen molar-refractivity contribution in [3.05, 3.63) is 53.6 Å². The predicted molar refractivity (Wildman–Crippen MR) is 88.0 cm³/mol. The lowest BCUT2D eigenvalue weighted by molar-refractivity contribution is 0.254. The van der Waals surface area contributed by atoms with Crippen molar-refractivity contribution in [2.45, 2.75) is 0 Å². The minimum absolute atomic E-state index is 0.179. The summed E-state index contributed by atoms with van der Waals surface area (Å²) in [6, 6.07) is 7.35. The fourth-order valence-electron chi connectivity index (χ4n) is 2.23. The van der Waals surface area contributed by atoms with Crippen molar-refractivity contribution in [1.82, 2.24) is 15.3 Å². The van der Waals surface area contributed by atoms with Crippen molar-refractivity contribution in [2.24, 2.45) is 0 Å². The second-order valence-corrected chi connectivity index (χ2v) is 5.16. The highest BCUT2D eigenvalue weighted by atomic mass is 35.5. The number of amides is 2. The summed E-state index contributed by atoms with van der Waals surface area (Å²) < 4.78 is 14.3. The molecule has 3 rings (SSSR count). The van der Waals surface area contributed by atoms with Crippen LogP contribution in [0.1, 0.15) is 0 Å². The molecule has 0 aliphatic rings. The number of rotatable bonds is 2. The number of anilines is 1. The van der Waals surface area contributed by atoms with Gasteiger partial charge in [-0.25, -0.2) is 14.2 Å². The van der Waals surface area contributed by atoms with E-state index < -0.39 is 11.8 Å². The van der Waals surface area contributed by atoms with Gasteiger partial charge in [-0.1, -0.05) is 17.7 Å². The molecule has 0 unspecified atom stereocenters. The van der Waals surface area contributed by atoms with Crippen molar-refractivity contribution in [1.29, 1.82) is 0 Å². The van der Waals surface area contributed by atoms with Gasteiger partial charge in [-0.2, -0.15) is 0 Å². The Labute approximate surface area is 136 Å². The van der Waals surface area contributed by atoms with Crippen LogP contribution in [-0.2, 0) is 0 Å². The maximum atomic E-state index is 14.3. The first kappa shape index (κ1) is 15.2. The Balaban J connectivity index is 2.28. The Morgan fingerprint density at radius 3 is 2.87 bits per heavy atom. The average Bonchev–Trinajstić information content (AvgIpc) is 2.54. The number of nitrogens with one attached hydrogen (secondary N) is 2. The monoisotopic (exact) mass is 330 g/mol. The normalized spacial score (nSPS) is 10.6. The van der Waals surface area contributed by atoms with Gasteiger partial charge in [0.25, 0.3) is 0 Å². The zero-order chi connectivity index (χ0) is 16.4. The van der Waals surface area contributed by atoms with E-state index in [1.54, 1.807) is 30.6 Å². The lowest BCUT2D eigenvalue weighted by Crippen LogP contribution is -2.25. The molecule has 5 nitrogen and oxygen atoms in total. The summed E-state index contributed by atoms with van der Waals surface area (Å²) in [5.74, 6) is -0.280. The lowest BCUT2D eigenvalue weighted by Gasteiger charge is -2.13. The molecule has 0 bridgehead atoms. The Morgan fingerprint density at radius 2 is 2.13 bits per heavy atom. The fraction of sp³-hybridized carbons (Fsp3) is 0.0625. The van der Waals surface area contributed by atoms with E-state index in [0.29, 0.717) is 16.5 Å². The largest absolute Gasteiger partial charge is 0.341 e. The molecule has 0 radical (unpaired) electrons. The fourth-order valence-corrected chi connectivity index (χ4v) is 2.49. The van der Waals surface area contributed by atoms with Crippen molar-refractivity contribution < 1.29 is 9.18 Å². The number of carbonyl (C=O) groups is 1. The Kier molecular flexibility index (Phi) is 4.08. The minimum Gasteiger partial charge on any atom is -0.341 e. The van der Waals surface area contributed by atoms with E-state index in [4.69, 9.17) is 11.6 Å². The maximum Gasteiger partial charge on any atom is 0.320 e. The Morgan fingerprint density at radius 1 is 1.30 bits per heavy atom. The zero-order valence-electron chi connectivity index (χ0n) is 12.1. The summed E-state index contributed by atoms with van der Waals surface area (Å²) in [6.45, 7) is 0. The van der Waals surface area contributed by atoms with Crippen LogP contribution in [-0.4, -0.2) is 23.0 Å². The number of fused-ring (bicyclic) bond motifs is 1. The van der Waals surface area contributed by atoms with Gasteiger partial charge < -0.3 is 5.32 Å². The molecule has 0 atom stereocenters. The molecule has 0 saturated heterocycles. The number of urea groups is 1. The Hall–Kier alpha value is -2.73. The summed E-state index contributed by atoms with van der Waals surface area (Å²) in [6.07, 6.45) is 3.21. The van der Waals surface area contributed by atoms with Crippen LogP contribution in [0.5, 0.6) is 0 Å². The standard InChI is InChI=1S/C16H12ClFN4O/c1-19-16(23)22-15-10(14-11(17)3-2-4-12(14)18)7-9-8-20-6-5-13(9)21-15/h2-8H,1H3,(H2,19,21,22,23). The molecule has 1 aromatic carbocycles. The molecule has 2 heterocycles. The van der Waals surface area contributed by atoms with Gasteiger partial charge in [0, 0.05) is 36.0 Å². The van der Waals surface area contributed by atoms with E-state index in [1.165, 1.54) is 19.2 Å². The first-order valence-corrected chi connectivity index (χ1v) is 7.16. The molecular formula is C16H12ClFN4O. The van der Waals surface area contributed by atoms with Crippen LogP contribution in [0.25, 0.3) is 22.0 Å². The molecule has 23 heavy (non-hydrogen) atoms. The van der Waals surface area contributed by atoms with Crippen LogP contribution in [0.3, 0.4) is 0 Å². The number of hydrogen-bond donors (Lipinski definition) is 2. The first-order valence-electron chi connectivity index (χ1n) is 6.78. The molecule has 7 heteroatoms. The van der Waals surface area contributed by atoms with Crippen LogP contribution in [0.4, 0.5) is 15.0 Å². The number of nitrogens with zero attached hydrogens (tertiary/aromatic N) is 2. The molecule has 0 spiro atoms. The number of carbonyl (C=O) groups excluding carboxylic acids is 1. The highest BCUT2D eigenvalue weighted by Crippen LogP contribution is 2.36. The Bertz CT molecular complexity index is 880. The van der Waals surface area contributed by atoms with E-state index in [-0.39, 0.29) is 16.4 Å². The van der Waals surface area contributed by atoms with Crippen LogP contribution >= 0.6 is 11.6 Å². The minimum atomic E-state index is -0.498. The number of pyridine rings is 2. The smallest absolute Gasteiger partial charge is 0.320 e. The van der Waals surface area contributed by atoms with Gasteiger partial charge in [-0.05, 0) is 24.3 Å². The molecule has 0 aliphatic carbocycles. The molecule has 2 N–H and O–H groups in total. The molecule has 0 fully saturated rings. The van der Waals surface area contributed by atoms with Crippen LogP contribution in [0, 0.1) is 5.82 Å². The number of aromatic nitrogens is 2. The zero-order valence-corrected chi connectivity index (χ0v) is 12.9. The van der Waals surface area contributed by atoms with Crippen molar-refractivity contribution >= 4 is 34.4 Å². The number of benzene rings is 1. The van der Waals surface area contributed by atoms with E-state index >= 15 is 0 Å². The molecule has 0 saturated carbocycles. The quantitative estimate of drug-likeness (QED) is 0.750. The van der Waals surface area contributed by atoms with Gasteiger partial charge in [0.15, 0.2) is 0 Å². The van der Waals surface area contributed by atoms with E-state index in [2.05, 4.69) is 20.6 Å². The molecule has 3 aromatic rings. The van der Waals surface area contributed by atoms with E-state index in [0.717, 1.165) is 0 Å². The van der Waals surface area contributed by atoms with Gasteiger partial charge in [0.2, 0.25) is 0 Å². The molecule has 2 aromatic heterocycles. The highest BCUT2D eigenvalue weighted by Gasteiger charge is 2.17. The van der Waals surface area contributed by atoms with Crippen molar-refractivity contribution in [3.63, 3.8) is 0 Å². The van der Waals surface area contributed by atoms with Crippen molar-refractivity contribution in [3.8, 4) is 11.1 Å². The van der Waals surface area contributed by atoms with Crippen molar-refractivity contribution in [2.75, 3.05) is 12.4 Å². The topological polar surface area (TPSA) is 66.9 Å². The lowest BCUT2D eigenvalue weighted by atomic mass is 10.0. The maximum absolute atomic E-state index is 14.3. The van der Waals surface area contributed by atoms with Gasteiger partial charge in [-0.15, -0.1) is 0 Å². The van der Waals surface area contributed by atoms with Gasteiger partial charge >= 0.3 is 6.03 Å². The summed E-state index contributed by atoms with van der Waals surface area (Å²) in [4.78, 5) is 20.1. The van der Waals surface area contributed by atoms with Gasteiger partial charge in [-0.3, -0.25) is 10.3 Å². The van der Waals surface area contributed by atoms with Crippen LogP contribution < -0.4 is 10.6 Å². The average molecular weight is 331 g/mol. The molecule has 116 valence electrons. The third-order valence-electron chi connectivity index (χ3n) is 3.31. The summed E-state index contributed by atoms with van der Waals surface area (Å²) in [7, 11) is 1.48. The van der Waals surface area contributed by atoms with Crippen LogP contribution in [0.15, 0.2) is 42.7 Å². The van der Waals surface area contributed by atoms with E-state index in [1.807, 2.05) is 0 Å². The third kappa shape index (κ3) is 2.93. The first-order chi connectivity index (χ1) is 11.1. The summed E-state index contributed by atoms with van der Waals surface area (Å²) >= 11 is 6.15. The second kappa shape index (κ2) is 6.18.